The van der Waals surface area contributed by atoms with Gasteiger partial charge in [-0.2, -0.15) is 13.2 Å². The lowest BCUT2D eigenvalue weighted by atomic mass is 10.0. The first kappa shape index (κ1) is 14.2. The van der Waals surface area contributed by atoms with Crippen molar-refractivity contribution in [2.24, 2.45) is 0 Å². The van der Waals surface area contributed by atoms with Crippen molar-refractivity contribution in [2.45, 2.75) is 25.1 Å². The fourth-order valence-electron chi connectivity index (χ4n) is 2.10. The van der Waals surface area contributed by atoms with Crippen molar-refractivity contribution in [3.05, 3.63) is 29.3 Å². The zero-order chi connectivity index (χ0) is 14.9. The third kappa shape index (κ3) is 3.19. The van der Waals surface area contributed by atoms with Crippen molar-refractivity contribution >= 4 is 17.7 Å². The van der Waals surface area contributed by atoms with Gasteiger partial charge in [-0.05, 0) is 30.2 Å². The van der Waals surface area contributed by atoms with Crippen molar-refractivity contribution in [3.8, 4) is 0 Å². The summed E-state index contributed by atoms with van der Waals surface area (Å²) in [6.45, 7) is 0. The Morgan fingerprint density at radius 2 is 2.05 bits per heavy atom. The molecule has 108 valence electrons. The molecule has 20 heavy (non-hydrogen) atoms. The van der Waals surface area contributed by atoms with Crippen molar-refractivity contribution in [2.75, 3.05) is 5.32 Å². The summed E-state index contributed by atoms with van der Waals surface area (Å²) in [6, 6.07) is 2.23. The minimum absolute atomic E-state index is 0.0181. The highest BCUT2D eigenvalue weighted by molar-refractivity contribution is 5.93. The first-order valence-corrected chi connectivity index (χ1v) is 5.75. The van der Waals surface area contributed by atoms with Crippen LogP contribution in [0.5, 0.6) is 0 Å². The summed E-state index contributed by atoms with van der Waals surface area (Å²) in [5.74, 6) is -0.442. The van der Waals surface area contributed by atoms with Gasteiger partial charge < -0.3 is 15.7 Å². The van der Waals surface area contributed by atoms with E-state index in [9.17, 15) is 22.8 Å². The van der Waals surface area contributed by atoms with Crippen LogP contribution in [0.1, 0.15) is 17.5 Å². The average Bonchev–Trinajstić information content (AvgIpc) is 2.43. The number of fused-ring (bicyclic) bond motifs is 1. The topological polar surface area (TPSA) is 78.4 Å². The number of halogens is 3. The van der Waals surface area contributed by atoms with Gasteiger partial charge in [-0.1, -0.05) is 0 Å². The number of rotatable bonds is 1. The van der Waals surface area contributed by atoms with Gasteiger partial charge in [0.2, 0.25) is 5.91 Å². The molecule has 0 radical (unpaired) electrons. The molecule has 0 aliphatic carbocycles. The molecule has 0 fully saturated rings. The van der Waals surface area contributed by atoms with Gasteiger partial charge in [-0.3, -0.25) is 4.79 Å². The molecule has 5 nitrogen and oxygen atoms in total. The molecule has 1 aromatic rings. The second-order valence-corrected chi connectivity index (χ2v) is 4.47. The van der Waals surface area contributed by atoms with E-state index in [0.717, 1.165) is 12.1 Å². The summed E-state index contributed by atoms with van der Waals surface area (Å²) in [6.07, 6.45) is -5.91. The molecule has 8 heteroatoms. The number of carbonyl (C=O) groups excluding carboxylic acids is 1. The second-order valence-electron chi connectivity index (χ2n) is 4.47. The highest BCUT2D eigenvalue weighted by atomic mass is 19.4. The third-order valence-corrected chi connectivity index (χ3v) is 2.93. The second kappa shape index (κ2) is 5.03. The molecule has 1 aromatic carbocycles. The minimum Gasteiger partial charge on any atom is -0.465 e. The van der Waals surface area contributed by atoms with Crippen LogP contribution < -0.4 is 10.6 Å². The molecule has 2 rings (SSSR count). The summed E-state index contributed by atoms with van der Waals surface area (Å²) in [5, 5.41) is 13.2. The van der Waals surface area contributed by atoms with Crippen LogP contribution in [0.15, 0.2) is 18.2 Å². The standard InChI is InChI=1S/C12H11F3N2O3/c13-12(14,15)7-1-2-9-6(3-7)4-8(16-11(19)20)5-10(18)17-9/h1-3,8,16H,4-5H2,(H,17,18)(H,19,20). The first-order valence-electron chi connectivity index (χ1n) is 5.75. The number of hydrogen-bond acceptors (Lipinski definition) is 2. The molecule has 1 unspecified atom stereocenters. The maximum absolute atomic E-state index is 12.6. The Bertz CT molecular complexity index is 557. The summed E-state index contributed by atoms with van der Waals surface area (Å²) in [5.41, 5.74) is -0.302. The Kier molecular flexibility index (Phi) is 3.56. The Balaban J connectivity index is 2.34. The predicted octanol–water partition coefficient (Wildman–Crippen LogP) is 2.23. The van der Waals surface area contributed by atoms with Crippen LogP contribution in [0.3, 0.4) is 0 Å². The van der Waals surface area contributed by atoms with Crippen LogP contribution in [-0.2, 0) is 17.4 Å². The largest absolute Gasteiger partial charge is 0.465 e. The average molecular weight is 288 g/mol. The van der Waals surface area contributed by atoms with E-state index in [1.54, 1.807) is 0 Å². The van der Waals surface area contributed by atoms with Crippen LogP contribution in [-0.4, -0.2) is 23.1 Å². The fraction of sp³-hybridized carbons (Fsp3) is 0.333. The van der Waals surface area contributed by atoms with Crippen LogP contribution in [0, 0.1) is 0 Å². The van der Waals surface area contributed by atoms with Gasteiger partial charge in [-0.15, -0.1) is 0 Å². The van der Waals surface area contributed by atoms with Crippen molar-refractivity contribution < 1.29 is 27.9 Å². The van der Waals surface area contributed by atoms with E-state index < -0.39 is 29.8 Å². The Labute approximate surface area is 111 Å². The molecule has 0 saturated carbocycles. The number of hydrogen-bond donors (Lipinski definition) is 3. The van der Waals surface area contributed by atoms with E-state index in [1.807, 2.05) is 0 Å². The lowest BCUT2D eigenvalue weighted by Crippen LogP contribution is -2.36. The molecule has 0 bridgehead atoms. The molecular formula is C12H11F3N2O3. The van der Waals surface area contributed by atoms with E-state index in [4.69, 9.17) is 5.11 Å². The van der Waals surface area contributed by atoms with E-state index >= 15 is 0 Å². The SMILES string of the molecule is O=C(O)NC1CC(=O)Nc2ccc(C(F)(F)F)cc2C1. The molecule has 2 amide bonds. The fourth-order valence-corrected chi connectivity index (χ4v) is 2.10. The van der Waals surface area contributed by atoms with E-state index in [2.05, 4.69) is 10.6 Å². The third-order valence-electron chi connectivity index (χ3n) is 2.93. The number of carbonyl (C=O) groups is 2. The van der Waals surface area contributed by atoms with Gasteiger partial charge in [-0.25, -0.2) is 4.79 Å². The first-order chi connectivity index (χ1) is 9.25. The van der Waals surface area contributed by atoms with E-state index in [-0.39, 0.29) is 24.1 Å². The van der Waals surface area contributed by atoms with Crippen LogP contribution in [0.4, 0.5) is 23.7 Å². The predicted molar refractivity (Wildman–Crippen MR) is 63.3 cm³/mol. The number of carboxylic acid groups (broad SMARTS) is 1. The number of benzene rings is 1. The molecule has 1 atom stereocenters. The van der Waals surface area contributed by atoms with Crippen molar-refractivity contribution in [1.82, 2.24) is 5.32 Å². The molecular weight excluding hydrogens is 277 g/mol. The smallest absolute Gasteiger partial charge is 0.416 e. The number of anilines is 1. The molecule has 0 spiro atoms. The molecule has 3 N–H and O–H groups in total. The Morgan fingerprint density at radius 3 is 2.65 bits per heavy atom. The summed E-state index contributed by atoms with van der Waals surface area (Å²) < 4.78 is 37.9. The maximum atomic E-state index is 12.6. The quantitative estimate of drug-likeness (QED) is 0.741. The van der Waals surface area contributed by atoms with Crippen molar-refractivity contribution in [1.29, 1.82) is 0 Å². The highest BCUT2D eigenvalue weighted by Crippen LogP contribution is 2.33. The van der Waals surface area contributed by atoms with E-state index in [0.29, 0.717) is 0 Å². The molecule has 1 aliphatic heterocycles. The van der Waals surface area contributed by atoms with Gasteiger partial charge in [0.25, 0.3) is 0 Å². The van der Waals surface area contributed by atoms with Gasteiger partial charge in [0.05, 0.1) is 5.56 Å². The lowest BCUT2D eigenvalue weighted by Gasteiger charge is -2.14. The minimum atomic E-state index is -4.49. The number of nitrogens with one attached hydrogen (secondary N) is 2. The number of amides is 2. The molecule has 1 heterocycles. The summed E-state index contributed by atoms with van der Waals surface area (Å²) >= 11 is 0. The van der Waals surface area contributed by atoms with Crippen LogP contribution in [0.25, 0.3) is 0 Å². The zero-order valence-corrected chi connectivity index (χ0v) is 10.1. The van der Waals surface area contributed by atoms with Crippen LogP contribution in [0.2, 0.25) is 0 Å². The van der Waals surface area contributed by atoms with Gasteiger partial charge in [0, 0.05) is 18.2 Å². The zero-order valence-electron chi connectivity index (χ0n) is 10.1. The molecule has 1 aliphatic rings. The highest BCUT2D eigenvalue weighted by Gasteiger charge is 2.32. The summed E-state index contributed by atoms with van der Waals surface area (Å²) in [7, 11) is 0. The van der Waals surface area contributed by atoms with Gasteiger partial charge in [0.15, 0.2) is 0 Å². The van der Waals surface area contributed by atoms with Gasteiger partial charge >= 0.3 is 12.3 Å². The normalized spacial score (nSPS) is 18.8. The molecule has 0 aromatic heterocycles. The molecule has 0 saturated heterocycles. The summed E-state index contributed by atoms with van der Waals surface area (Å²) in [4.78, 5) is 22.2. The Morgan fingerprint density at radius 1 is 1.35 bits per heavy atom. The monoisotopic (exact) mass is 288 g/mol. The van der Waals surface area contributed by atoms with Crippen LogP contribution >= 0.6 is 0 Å². The Hall–Kier alpha value is -2.25. The number of alkyl halides is 3. The van der Waals surface area contributed by atoms with Gasteiger partial charge in [0.1, 0.15) is 0 Å². The van der Waals surface area contributed by atoms with Crippen molar-refractivity contribution in [3.63, 3.8) is 0 Å². The van der Waals surface area contributed by atoms with E-state index in [1.165, 1.54) is 6.07 Å². The lowest BCUT2D eigenvalue weighted by molar-refractivity contribution is -0.137. The maximum Gasteiger partial charge on any atom is 0.416 e.